The first-order valence-corrected chi connectivity index (χ1v) is 7.03. The smallest absolute Gasteiger partial charge is 0.120 e. The zero-order valence-corrected chi connectivity index (χ0v) is 11.1. The zero-order valence-electron chi connectivity index (χ0n) is 11.1. The maximum atomic E-state index is 6.12. The molecule has 3 heteroatoms. The Labute approximate surface area is 109 Å². The number of nitrogens with zero attached hydrogens (tertiary/aromatic N) is 1. The quantitative estimate of drug-likeness (QED) is 0.868. The Hall–Kier alpha value is -1.22. The second kappa shape index (κ2) is 5.19. The van der Waals surface area contributed by atoms with E-state index in [2.05, 4.69) is 35.5 Å². The summed E-state index contributed by atoms with van der Waals surface area (Å²) in [5, 5.41) is 3.44. The van der Waals surface area contributed by atoms with Crippen LogP contribution in [0.3, 0.4) is 0 Å². The first-order chi connectivity index (χ1) is 8.81. The summed E-state index contributed by atoms with van der Waals surface area (Å²) in [4.78, 5) is 2.36. The van der Waals surface area contributed by atoms with Gasteiger partial charge in [-0.25, -0.2) is 0 Å². The Bertz CT molecular complexity index is 419. The van der Waals surface area contributed by atoms with E-state index in [0.29, 0.717) is 6.10 Å². The van der Waals surface area contributed by atoms with E-state index < -0.39 is 0 Å². The molecule has 0 aromatic heterocycles. The fraction of sp³-hybridized carbons (Fsp3) is 0.600. The van der Waals surface area contributed by atoms with Gasteiger partial charge >= 0.3 is 0 Å². The molecule has 1 fully saturated rings. The molecule has 18 heavy (non-hydrogen) atoms. The van der Waals surface area contributed by atoms with E-state index in [0.717, 1.165) is 18.8 Å². The highest BCUT2D eigenvalue weighted by molar-refractivity contribution is 5.55. The average molecular weight is 246 g/mol. The van der Waals surface area contributed by atoms with Crippen molar-refractivity contribution in [1.29, 1.82) is 0 Å². The van der Waals surface area contributed by atoms with Gasteiger partial charge in [-0.2, -0.15) is 0 Å². The molecule has 2 aliphatic heterocycles. The third-order valence-electron chi connectivity index (χ3n) is 3.90. The summed E-state index contributed by atoms with van der Waals surface area (Å²) in [7, 11) is 2.17. The summed E-state index contributed by atoms with van der Waals surface area (Å²) in [5.74, 6) is 1.04. The van der Waals surface area contributed by atoms with Crippen LogP contribution >= 0.6 is 0 Å². The first kappa shape index (κ1) is 11.8. The minimum atomic E-state index is 0.360. The molecule has 2 aliphatic rings. The van der Waals surface area contributed by atoms with Crippen LogP contribution in [0.25, 0.3) is 0 Å². The van der Waals surface area contributed by atoms with Crippen LogP contribution in [-0.4, -0.2) is 37.7 Å². The summed E-state index contributed by atoms with van der Waals surface area (Å²) in [6.45, 7) is 3.35. The van der Waals surface area contributed by atoms with Crippen molar-refractivity contribution in [3.63, 3.8) is 0 Å². The number of aryl methyl sites for hydroxylation is 1. The van der Waals surface area contributed by atoms with Crippen LogP contribution in [0.5, 0.6) is 5.75 Å². The highest BCUT2D eigenvalue weighted by Gasteiger charge is 2.19. The lowest BCUT2D eigenvalue weighted by Gasteiger charge is -2.30. The van der Waals surface area contributed by atoms with Crippen LogP contribution in [0.2, 0.25) is 0 Å². The number of likely N-dealkylation sites (N-methyl/N-ethyl adjacent to an activating group) is 1. The number of piperidine rings is 1. The number of ether oxygens (including phenoxy) is 1. The maximum absolute atomic E-state index is 6.12. The molecule has 2 heterocycles. The Morgan fingerprint density at radius 3 is 3.17 bits per heavy atom. The van der Waals surface area contributed by atoms with E-state index in [-0.39, 0.29) is 0 Å². The molecule has 0 bridgehead atoms. The van der Waals surface area contributed by atoms with Crippen molar-refractivity contribution in [2.75, 3.05) is 32.0 Å². The van der Waals surface area contributed by atoms with E-state index in [4.69, 9.17) is 4.74 Å². The number of benzene rings is 1. The van der Waals surface area contributed by atoms with Gasteiger partial charge in [0.2, 0.25) is 0 Å². The molecule has 1 unspecified atom stereocenters. The van der Waals surface area contributed by atoms with Gasteiger partial charge in [0, 0.05) is 18.8 Å². The van der Waals surface area contributed by atoms with Crippen molar-refractivity contribution in [2.24, 2.45) is 0 Å². The standard InChI is InChI=1S/C15H22N2O/c1-17-9-3-5-14(11-17)18-13-6-7-15-12(10-13)4-2-8-16-15/h6-7,10,14,16H,2-5,8-9,11H2,1H3. The SMILES string of the molecule is CN1CCCC(Oc2ccc3c(c2)CCCN3)C1. The van der Waals surface area contributed by atoms with Crippen molar-refractivity contribution >= 4 is 5.69 Å². The van der Waals surface area contributed by atoms with Gasteiger partial charge in [-0.15, -0.1) is 0 Å². The van der Waals surface area contributed by atoms with Gasteiger partial charge in [0.25, 0.3) is 0 Å². The lowest BCUT2D eigenvalue weighted by molar-refractivity contribution is 0.104. The average Bonchev–Trinajstić information content (AvgIpc) is 2.39. The van der Waals surface area contributed by atoms with E-state index in [1.54, 1.807) is 0 Å². The second-order valence-electron chi connectivity index (χ2n) is 5.49. The molecule has 1 atom stereocenters. The molecule has 0 saturated carbocycles. The molecule has 0 radical (unpaired) electrons. The molecule has 1 saturated heterocycles. The van der Waals surface area contributed by atoms with E-state index >= 15 is 0 Å². The van der Waals surface area contributed by atoms with Crippen molar-refractivity contribution in [3.05, 3.63) is 23.8 Å². The highest BCUT2D eigenvalue weighted by Crippen LogP contribution is 2.27. The molecule has 1 N–H and O–H groups in total. The Kier molecular flexibility index (Phi) is 3.41. The number of nitrogens with one attached hydrogen (secondary N) is 1. The van der Waals surface area contributed by atoms with Crippen molar-refractivity contribution in [2.45, 2.75) is 31.8 Å². The first-order valence-electron chi connectivity index (χ1n) is 7.03. The van der Waals surface area contributed by atoms with E-state index in [1.807, 2.05) is 0 Å². The number of hydrogen-bond acceptors (Lipinski definition) is 3. The molecule has 3 rings (SSSR count). The molecule has 98 valence electrons. The minimum Gasteiger partial charge on any atom is -0.489 e. The predicted octanol–water partition coefficient (Wildman–Crippen LogP) is 2.52. The summed E-state index contributed by atoms with van der Waals surface area (Å²) >= 11 is 0. The number of anilines is 1. The van der Waals surface area contributed by atoms with Crippen LogP contribution in [0.15, 0.2) is 18.2 Å². The number of rotatable bonds is 2. The Balaban J connectivity index is 1.69. The fourth-order valence-corrected chi connectivity index (χ4v) is 2.93. The lowest BCUT2D eigenvalue weighted by Crippen LogP contribution is -2.38. The Morgan fingerprint density at radius 1 is 1.33 bits per heavy atom. The van der Waals surface area contributed by atoms with Crippen molar-refractivity contribution in [1.82, 2.24) is 4.90 Å². The number of hydrogen-bond donors (Lipinski definition) is 1. The molecule has 3 nitrogen and oxygen atoms in total. The van der Waals surface area contributed by atoms with Gasteiger partial charge in [-0.3, -0.25) is 0 Å². The topological polar surface area (TPSA) is 24.5 Å². The van der Waals surface area contributed by atoms with Gasteiger partial charge in [0.05, 0.1) is 0 Å². The van der Waals surface area contributed by atoms with E-state index in [1.165, 1.54) is 43.5 Å². The van der Waals surface area contributed by atoms with Crippen LogP contribution in [0.1, 0.15) is 24.8 Å². The van der Waals surface area contributed by atoms with Crippen LogP contribution < -0.4 is 10.1 Å². The lowest BCUT2D eigenvalue weighted by atomic mass is 10.0. The summed E-state index contributed by atoms with van der Waals surface area (Å²) in [6.07, 6.45) is 5.18. The molecule has 1 aromatic rings. The maximum Gasteiger partial charge on any atom is 0.120 e. The summed E-state index contributed by atoms with van der Waals surface area (Å²) in [5.41, 5.74) is 2.69. The van der Waals surface area contributed by atoms with E-state index in [9.17, 15) is 0 Å². The van der Waals surface area contributed by atoms with Crippen molar-refractivity contribution < 1.29 is 4.74 Å². The van der Waals surface area contributed by atoms with Crippen molar-refractivity contribution in [3.8, 4) is 5.75 Å². The largest absolute Gasteiger partial charge is 0.489 e. The highest BCUT2D eigenvalue weighted by atomic mass is 16.5. The zero-order chi connectivity index (χ0) is 12.4. The second-order valence-corrected chi connectivity index (χ2v) is 5.49. The Morgan fingerprint density at radius 2 is 2.28 bits per heavy atom. The minimum absolute atomic E-state index is 0.360. The molecule has 0 amide bonds. The molecular formula is C15H22N2O. The third-order valence-corrected chi connectivity index (χ3v) is 3.90. The van der Waals surface area contributed by atoms with Crippen LogP contribution in [0.4, 0.5) is 5.69 Å². The molecule has 1 aromatic carbocycles. The summed E-state index contributed by atoms with van der Waals surface area (Å²) in [6, 6.07) is 6.48. The van der Waals surface area contributed by atoms with Gasteiger partial charge < -0.3 is 15.0 Å². The summed E-state index contributed by atoms with van der Waals surface area (Å²) < 4.78 is 6.12. The molecule has 0 aliphatic carbocycles. The molecular weight excluding hydrogens is 224 g/mol. The van der Waals surface area contributed by atoms with Crippen LogP contribution in [0, 0.1) is 0 Å². The monoisotopic (exact) mass is 246 g/mol. The third kappa shape index (κ3) is 2.61. The van der Waals surface area contributed by atoms with Gasteiger partial charge in [-0.1, -0.05) is 0 Å². The van der Waals surface area contributed by atoms with Gasteiger partial charge in [-0.05, 0) is 63.0 Å². The van der Waals surface area contributed by atoms with Gasteiger partial charge in [0.1, 0.15) is 11.9 Å². The fourth-order valence-electron chi connectivity index (χ4n) is 2.93. The normalized spacial score (nSPS) is 24.2. The number of fused-ring (bicyclic) bond motifs is 1. The van der Waals surface area contributed by atoms with Gasteiger partial charge in [0.15, 0.2) is 0 Å². The predicted molar refractivity (Wildman–Crippen MR) is 74.4 cm³/mol. The molecule has 0 spiro atoms. The number of likely N-dealkylation sites (tertiary alicyclic amines) is 1. The van der Waals surface area contributed by atoms with Crippen LogP contribution in [-0.2, 0) is 6.42 Å².